The highest BCUT2D eigenvalue weighted by molar-refractivity contribution is 6.30. The minimum Gasteiger partial charge on any atom is -0.343 e. The smallest absolute Gasteiger partial charge is 0.259 e. The molecule has 0 radical (unpaired) electrons. The van der Waals surface area contributed by atoms with Crippen LogP contribution in [0.1, 0.15) is 22.8 Å². The number of hydrogen-bond donors (Lipinski definition) is 2. The third kappa shape index (κ3) is 5.77. The third-order valence-electron chi connectivity index (χ3n) is 4.27. The Morgan fingerprint density at radius 3 is 2.07 bits per heavy atom. The Bertz CT molecular complexity index is 1010. The monoisotopic (exact) mass is 405 g/mol. The van der Waals surface area contributed by atoms with Gasteiger partial charge in [0, 0.05) is 10.6 Å². The van der Waals surface area contributed by atoms with Gasteiger partial charge in [0.25, 0.3) is 11.8 Å². The van der Waals surface area contributed by atoms with E-state index in [9.17, 15) is 9.59 Å². The van der Waals surface area contributed by atoms with Crippen molar-refractivity contribution < 1.29 is 9.59 Å². The van der Waals surface area contributed by atoms with E-state index in [4.69, 9.17) is 11.6 Å². The molecule has 0 saturated heterocycles. The van der Waals surface area contributed by atoms with Gasteiger partial charge in [-0.1, -0.05) is 66.2 Å². The molecule has 3 rings (SSSR count). The molecule has 0 unspecified atom stereocenters. The molecular weight excluding hydrogens is 386 g/mol. The van der Waals surface area contributed by atoms with Gasteiger partial charge in [0.2, 0.25) is 0 Å². The van der Waals surface area contributed by atoms with Crippen molar-refractivity contribution in [2.45, 2.75) is 6.92 Å². The quantitative estimate of drug-likeness (QED) is 0.474. The van der Waals surface area contributed by atoms with E-state index in [1.165, 1.54) is 0 Å². The van der Waals surface area contributed by atoms with E-state index in [1.807, 2.05) is 49.4 Å². The number of halogens is 1. The van der Waals surface area contributed by atoms with Gasteiger partial charge in [0.1, 0.15) is 0 Å². The number of hydrogen-bond acceptors (Lipinski definition) is 3. The number of rotatable bonds is 6. The number of nitrogens with zero attached hydrogens (tertiary/aromatic N) is 1. The van der Waals surface area contributed by atoms with Crippen LogP contribution in [0.5, 0.6) is 0 Å². The molecule has 0 saturated carbocycles. The number of hydrazone groups is 1. The molecule has 0 aliphatic rings. The zero-order chi connectivity index (χ0) is 20.6. The first kappa shape index (κ1) is 20.3. The van der Waals surface area contributed by atoms with Crippen LogP contribution < -0.4 is 10.7 Å². The molecular formula is C23H20ClN3O2. The zero-order valence-electron chi connectivity index (χ0n) is 15.9. The molecule has 0 bridgehead atoms. The van der Waals surface area contributed by atoms with Crippen LogP contribution in [0.15, 0.2) is 84.0 Å². The van der Waals surface area contributed by atoms with Crippen LogP contribution in [-0.4, -0.2) is 24.1 Å². The summed E-state index contributed by atoms with van der Waals surface area (Å²) in [5.41, 5.74) is 6.70. The van der Waals surface area contributed by atoms with E-state index in [-0.39, 0.29) is 12.5 Å². The van der Waals surface area contributed by atoms with Gasteiger partial charge in [-0.2, -0.15) is 5.10 Å². The van der Waals surface area contributed by atoms with Crippen molar-refractivity contribution in [1.29, 1.82) is 0 Å². The molecule has 0 fully saturated rings. The molecule has 0 aliphatic carbocycles. The summed E-state index contributed by atoms with van der Waals surface area (Å²) in [4.78, 5) is 24.0. The van der Waals surface area contributed by atoms with Crippen LogP contribution in [0.4, 0.5) is 0 Å². The number of amides is 2. The standard InChI is InChI=1S/C23H20ClN3O2/c1-16(17-7-9-19(10-8-17)18-5-3-2-4-6-18)26-27-22(28)15-25-23(29)20-11-13-21(24)14-12-20/h2-14H,15H2,1H3,(H,25,29)(H,27,28)/b26-16+. The summed E-state index contributed by atoms with van der Waals surface area (Å²) in [5.74, 6) is -0.762. The third-order valence-corrected chi connectivity index (χ3v) is 4.53. The summed E-state index contributed by atoms with van der Waals surface area (Å²) in [5, 5.41) is 7.19. The molecule has 6 heteroatoms. The van der Waals surface area contributed by atoms with E-state index >= 15 is 0 Å². The summed E-state index contributed by atoms with van der Waals surface area (Å²) in [7, 11) is 0. The molecule has 146 valence electrons. The molecule has 0 aromatic heterocycles. The van der Waals surface area contributed by atoms with Gasteiger partial charge in [0.15, 0.2) is 0 Å². The maximum atomic E-state index is 12.0. The van der Waals surface area contributed by atoms with Crippen LogP contribution in [0, 0.1) is 0 Å². The molecule has 3 aromatic rings. The van der Waals surface area contributed by atoms with Gasteiger partial charge in [-0.25, -0.2) is 5.43 Å². The number of carbonyl (C=O) groups is 2. The Hall–Kier alpha value is -3.44. The van der Waals surface area contributed by atoms with Crippen molar-refractivity contribution in [2.75, 3.05) is 6.54 Å². The Balaban J connectivity index is 1.53. The number of benzene rings is 3. The molecule has 5 nitrogen and oxygen atoms in total. The largest absolute Gasteiger partial charge is 0.343 e. The zero-order valence-corrected chi connectivity index (χ0v) is 16.6. The molecule has 2 amide bonds. The van der Waals surface area contributed by atoms with Crippen molar-refractivity contribution in [1.82, 2.24) is 10.7 Å². The van der Waals surface area contributed by atoms with Gasteiger partial charge in [-0.3, -0.25) is 9.59 Å². The topological polar surface area (TPSA) is 70.6 Å². The van der Waals surface area contributed by atoms with E-state index in [2.05, 4.69) is 28.0 Å². The highest BCUT2D eigenvalue weighted by Gasteiger charge is 2.08. The molecule has 3 aromatic carbocycles. The lowest BCUT2D eigenvalue weighted by Gasteiger charge is -2.06. The fourth-order valence-electron chi connectivity index (χ4n) is 2.65. The Morgan fingerprint density at radius 1 is 0.828 bits per heavy atom. The molecule has 29 heavy (non-hydrogen) atoms. The summed E-state index contributed by atoms with van der Waals surface area (Å²) in [6.45, 7) is 1.63. The first-order valence-electron chi connectivity index (χ1n) is 9.05. The minimum absolute atomic E-state index is 0.175. The second-order valence-electron chi connectivity index (χ2n) is 6.37. The van der Waals surface area contributed by atoms with Crippen molar-refractivity contribution in [3.05, 3.63) is 95.0 Å². The molecule has 0 aliphatic heterocycles. The van der Waals surface area contributed by atoms with Crippen molar-refractivity contribution in [3.8, 4) is 11.1 Å². The SMILES string of the molecule is C/C(=N\NC(=O)CNC(=O)c1ccc(Cl)cc1)c1ccc(-c2ccccc2)cc1. The number of nitrogens with one attached hydrogen (secondary N) is 2. The molecule has 0 atom stereocenters. The molecule has 0 spiro atoms. The van der Waals surface area contributed by atoms with Crippen LogP contribution in [0.25, 0.3) is 11.1 Å². The normalized spacial score (nSPS) is 11.0. The Kier molecular flexibility index (Phi) is 6.76. The second kappa shape index (κ2) is 9.66. The number of carbonyl (C=O) groups excluding carboxylic acids is 2. The summed E-state index contributed by atoms with van der Waals surface area (Å²) in [6.07, 6.45) is 0. The maximum absolute atomic E-state index is 12.0. The van der Waals surface area contributed by atoms with Gasteiger partial charge in [-0.15, -0.1) is 0 Å². The van der Waals surface area contributed by atoms with Gasteiger partial charge >= 0.3 is 0 Å². The lowest BCUT2D eigenvalue weighted by molar-refractivity contribution is -0.120. The Labute approximate surface area is 174 Å². The lowest BCUT2D eigenvalue weighted by Crippen LogP contribution is -2.35. The van der Waals surface area contributed by atoms with Crippen molar-refractivity contribution in [2.24, 2.45) is 5.10 Å². The lowest BCUT2D eigenvalue weighted by atomic mass is 10.0. The minimum atomic E-state index is -0.410. The van der Waals surface area contributed by atoms with Crippen LogP contribution in [0.3, 0.4) is 0 Å². The van der Waals surface area contributed by atoms with Gasteiger partial charge < -0.3 is 5.32 Å². The summed E-state index contributed by atoms with van der Waals surface area (Å²) < 4.78 is 0. The summed E-state index contributed by atoms with van der Waals surface area (Å²) >= 11 is 5.79. The van der Waals surface area contributed by atoms with Crippen LogP contribution in [0.2, 0.25) is 5.02 Å². The predicted octanol–water partition coefficient (Wildman–Crippen LogP) is 4.28. The van der Waals surface area contributed by atoms with Gasteiger partial charge in [-0.05, 0) is 47.9 Å². The van der Waals surface area contributed by atoms with Crippen molar-refractivity contribution in [3.63, 3.8) is 0 Å². The van der Waals surface area contributed by atoms with Crippen molar-refractivity contribution >= 4 is 29.1 Å². The average Bonchev–Trinajstić information content (AvgIpc) is 2.77. The Morgan fingerprint density at radius 2 is 1.41 bits per heavy atom. The highest BCUT2D eigenvalue weighted by atomic mass is 35.5. The highest BCUT2D eigenvalue weighted by Crippen LogP contribution is 2.19. The van der Waals surface area contributed by atoms with Crippen LogP contribution >= 0.6 is 11.6 Å². The molecule has 2 N–H and O–H groups in total. The first-order chi connectivity index (χ1) is 14.0. The second-order valence-corrected chi connectivity index (χ2v) is 6.80. The fourth-order valence-corrected chi connectivity index (χ4v) is 2.77. The van der Waals surface area contributed by atoms with E-state index in [1.54, 1.807) is 24.3 Å². The average molecular weight is 406 g/mol. The fraction of sp³-hybridized carbons (Fsp3) is 0.0870. The van der Waals surface area contributed by atoms with Gasteiger partial charge in [0.05, 0.1) is 12.3 Å². The van der Waals surface area contributed by atoms with E-state index in [0.717, 1.165) is 16.7 Å². The maximum Gasteiger partial charge on any atom is 0.259 e. The first-order valence-corrected chi connectivity index (χ1v) is 9.43. The van der Waals surface area contributed by atoms with E-state index < -0.39 is 5.91 Å². The molecule has 0 heterocycles. The van der Waals surface area contributed by atoms with Crippen LogP contribution in [-0.2, 0) is 4.79 Å². The predicted molar refractivity (Wildman–Crippen MR) is 116 cm³/mol. The summed E-state index contributed by atoms with van der Waals surface area (Å²) in [6, 6.07) is 24.4. The van der Waals surface area contributed by atoms with E-state index in [0.29, 0.717) is 16.3 Å².